The first kappa shape index (κ1) is 17.8. The van der Waals surface area contributed by atoms with Crippen LogP contribution in [0.25, 0.3) is 0 Å². The number of alkyl carbamates (subject to hydrolysis) is 1. The molecule has 0 radical (unpaired) electrons. The van der Waals surface area contributed by atoms with Gasteiger partial charge in [0.05, 0.1) is 11.4 Å². The Morgan fingerprint density at radius 1 is 1.23 bits per heavy atom. The maximum Gasteiger partial charge on any atom is 0.408 e. The van der Waals surface area contributed by atoms with E-state index in [-0.39, 0.29) is 12.5 Å². The summed E-state index contributed by atoms with van der Waals surface area (Å²) >= 11 is 0. The van der Waals surface area contributed by atoms with E-state index >= 15 is 0 Å². The van der Waals surface area contributed by atoms with Gasteiger partial charge >= 0.3 is 6.09 Å². The summed E-state index contributed by atoms with van der Waals surface area (Å²) in [7, 11) is 0. The van der Waals surface area contributed by atoms with Gasteiger partial charge in [0.1, 0.15) is 12.1 Å². The Morgan fingerprint density at radius 3 is 2.50 bits per heavy atom. The van der Waals surface area contributed by atoms with Gasteiger partial charge < -0.3 is 20.7 Å². The average Bonchev–Trinajstić information content (AvgIpc) is 2.38. The Balaban J connectivity index is 2.59. The quantitative estimate of drug-likeness (QED) is 0.781. The normalized spacial score (nSPS) is 10.8. The van der Waals surface area contributed by atoms with Crippen LogP contribution in [0.1, 0.15) is 33.3 Å². The van der Waals surface area contributed by atoms with Gasteiger partial charge in [0.25, 0.3) is 0 Å². The summed E-state index contributed by atoms with van der Waals surface area (Å²) in [6.07, 6.45) is -0.612. The number of carbonyl (C=O) groups is 2. The fourth-order valence-electron chi connectivity index (χ4n) is 1.84. The van der Waals surface area contributed by atoms with Crippen molar-refractivity contribution in [2.24, 2.45) is 0 Å². The Hall–Kier alpha value is -2.24. The lowest BCUT2D eigenvalue weighted by molar-refractivity contribution is -0.115. The zero-order valence-electron chi connectivity index (χ0n) is 13.9. The molecule has 1 aromatic carbocycles. The van der Waals surface area contributed by atoms with E-state index in [9.17, 15) is 9.59 Å². The van der Waals surface area contributed by atoms with Crippen LogP contribution in [0, 0.1) is 6.92 Å². The lowest BCUT2D eigenvalue weighted by Crippen LogP contribution is -2.37. The number of benzene rings is 1. The highest BCUT2D eigenvalue weighted by Crippen LogP contribution is 2.25. The van der Waals surface area contributed by atoms with Crippen molar-refractivity contribution in [1.82, 2.24) is 5.32 Å². The topological polar surface area (TPSA) is 79.5 Å². The van der Waals surface area contributed by atoms with Gasteiger partial charge in [0.2, 0.25) is 5.91 Å². The zero-order chi connectivity index (χ0) is 16.8. The van der Waals surface area contributed by atoms with Gasteiger partial charge in [-0.25, -0.2) is 4.79 Å². The van der Waals surface area contributed by atoms with Crippen molar-refractivity contribution in [3.05, 3.63) is 23.8 Å². The largest absolute Gasteiger partial charge is 0.444 e. The summed E-state index contributed by atoms with van der Waals surface area (Å²) in [5.41, 5.74) is 2.03. The molecule has 0 atom stereocenters. The molecular weight excluding hydrogens is 282 g/mol. The van der Waals surface area contributed by atoms with Crippen LogP contribution in [0.2, 0.25) is 0 Å². The van der Waals surface area contributed by atoms with E-state index in [2.05, 4.69) is 16.0 Å². The number of aryl methyl sites for hydroxylation is 1. The minimum absolute atomic E-state index is 0.144. The second-order valence-corrected chi connectivity index (χ2v) is 5.93. The third-order valence-corrected chi connectivity index (χ3v) is 2.69. The highest BCUT2D eigenvalue weighted by Gasteiger charge is 2.17. The number of para-hydroxylation sites is 1. The Morgan fingerprint density at radius 2 is 1.91 bits per heavy atom. The third kappa shape index (κ3) is 6.03. The van der Waals surface area contributed by atoms with Gasteiger partial charge in [-0.05, 0) is 46.2 Å². The van der Waals surface area contributed by atoms with Crippen LogP contribution in [0.3, 0.4) is 0 Å². The molecule has 0 saturated carbocycles. The Kier molecular flexibility index (Phi) is 6.22. The van der Waals surface area contributed by atoms with E-state index in [1.807, 2.05) is 32.0 Å². The molecule has 3 N–H and O–H groups in total. The molecule has 0 spiro atoms. The number of hydrogen-bond donors (Lipinski definition) is 3. The van der Waals surface area contributed by atoms with Crippen LogP contribution in [0.4, 0.5) is 16.2 Å². The smallest absolute Gasteiger partial charge is 0.408 e. The fraction of sp³-hybridized carbons (Fsp3) is 0.500. The van der Waals surface area contributed by atoms with Crippen LogP contribution in [0.5, 0.6) is 0 Å². The van der Waals surface area contributed by atoms with E-state index in [0.717, 1.165) is 17.8 Å². The first-order valence-corrected chi connectivity index (χ1v) is 7.33. The van der Waals surface area contributed by atoms with Gasteiger partial charge in [-0.2, -0.15) is 0 Å². The molecule has 0 aliphatic carbocycles. The predicted molar refractivity (Wildman–Crippen MR) is 88.2 cm³/mol. The van der Waals surface area contributed by atoms with Gasteiger partial charge in [-0.3, -0.25) is 4.79 Å². The van der Waals surface area contributed by atoms with Crippen LogP contribution in [0.15, 0.2) is 18.2 Å². The number of ether oxygens (including phenoxy) is 1. The number of nitrogens with one attached hydrogen (secondary N) is 3. The molecule has 0 heterocycles. The van der Waals surface area contributed by atoms with E-state index in [1.165, 1.54) is 0 Å². The van der Waals surface area contributed by atoms with Crippen molar-refractivity contribution in [1.29, 1.82) is 0 Å². The molecule has 1 rings (SSSR count). The van der Waals surface area contributed by atoms with E-state index < -0.39 is 11.7 Å². The second-order valence-electron chi connectivity index (χ2n) is 5.93. The number of carbonyl (C=O) groups excluding carboxylic acids is 2. The van der Waals surface area contributed by atoms with Crippen LogP contribution in [-0.2, 0) is 9.53 Å². The minimum atomic E-state index is -0.612. The van der Waals surface area contributed by atoms with Crippen LogP contribution >= 0.6 is 0 Å². The number of hydrogen-bond acceptors (Lipinski definition) is 4. The van der Waals surface area contributed by atoms with Crippen molar-refractivity contribution in [2.45, 2.75) is 40.2 Å². The lowest BCUT2D eigenvalue weighted by atomic mass is 10.1. The maximum atomic E-state index is 11.9. The first-order valence-electron chi connectivity index (χ1n) is 7.33. The summed E-state index contributed by atoms with van der Waals surface area (Å²) < 4.78 is 5.08. The van der Waals surface area contributed by atoms with Gasteiger partial charge in [0.15, 0.2) is 0 Å². The molecule has 1 aromatic rings. The first-order chi connectivity index (χ1) is 10.2. The van der Waals surface area contributed by atoms with Gasteiger partial charge in [0, 0.05) is 6.54 Å². The molecular formula is C16H25N3O3. The zero-order valence-corrected chi connectivity index (χ0v) is 13.9. The van der Waals surface area contributed by atoms with E-state index in [1.54, 1.807) is 20.8 Å². The molecule has 6 heteroatoms. The van der Waals surface area contributed by atoms with Crippen molar-refractivity contribution in [3.8, 4) is 0 Å². The molecule has 122 valence electrons. The molecule has 0 saturated heterocycles. The van der Waals surface area contributed by atoms with Crippen molar-refractivity contribution in [3.63, 3.8) is 0 Å². The monoisotopic (exact) mass is 307 g/mol. The van der Waals surface area contributed by atoms with Crippen molar-refractivity contribution >= 4 is 23.4 Å². The fourth-order valence-corrected chi connectivity index (χ4v) is 1.84. The second kappa shape index (κ2) is 7.68. The number of anilines is 2. The van der Waals surface area contributed by atoms with Gasteiger partial charge in [-0.15, -0.1) is 0 Å². The molecule has 0 aromatic heterocycles. The third-order valence-electron chi connectivity index (χ3n) is 2.69. The average molecular weight is 307 g/mol. The highest BCUT2D eigenvalue weighted by molar-refractivity contribution is 5.97. The molecule has 0 bridgehead atoms. The van der Waals surface area contributed by atoms with Crippen molar-refractivity contribution in [2.75, 3.05) is 23.7 Å². The molecule has 0 aliphatic heterocycles. The number of rotatable bonds is 5. The van der Waals surface area contributed by atoms with Crippen molar-refractivity contribution < 1.29 is 14.3 Å². The van der Waals surface area contributed by atoms with E-state index in [4.69, 9.17) is 4.74 Å². The van der Waals surface area contributed by atoms with Gasteiger partial charge in [-0.1, -0.05) is 12.1 Å². The predicted octanol–water partition coefficient (Wildman–Crippen LogP) is 2.89. The molecule has 22 heavy (non-hydrogen) atoms. The number of amides is 2. The Bertz CT molecular complexity index is 536. The van der Waals surface area contributed by atoms with Crippen LogP contribution in [-0.4, -0.2) is 30.7 Å². The minimum Gasteiger partial charge on any atom is -0.444 e. The summed E-state index contributed by atoms with van der Waals surface area (Å²) in [6.45, 7) is 9.86. The molecule has 6 nitrogen and oxygen atoms in total. The Labute approximate surface area is 131 Å². The summed E-state index contributed by atoms with van der Waals surface area (Å²) in [6, 6.07) is 5.65. The summed E-state index contributed by atoms with van der Waals surface area (Å²) in [5, 5.41) is 8.43. The maximum absolute atomic E-state index is 11.9. The summed E-state index contributed by atoms with van der Waals surface area (Å²) in [5.74, 6) is -0.310. The molecule has 2 amide bonds. The highest BCUT2D eigenvalue weighted by atomic mass is 16.6. The standard InChI is InChI=1S/C16H25N3O3/c1-6-17-14-11(2)8-7-9-12(14)19-13(20)10-18-15(21)22-16(3,4)5/h7-9,17H,6,10H2,1-5H3,(H,18,21)(H,19,20). The van der Waals surface area contributed by atoms with Crippen LogP contribution < -0.4 is 16.0 Å². The van der Waals surface area contributed by atoms with E-state index in [0.29, 0.717) is 5.69 Å². The molecule has 0 fully saturated rings. The lowest BCUT2D eigenvalue weighted by Gasteiger charge is -2.19. The summed E-state index contributed by atoms with van der Waals surface area (Å²) in [4.78, 5) is 23.5. The SMILES string of the molecule is CCNc1c(C)cccc1NC(=O)CNC(=O)OC(C)(C)C. The molecule has 0 aliphatic rings. The molecule has 0 unspecified atom stereocenters.